The number of nitrogens with zero attached hydrogens (tertiary/aromatic N) is 2. The van der Waals surface area contributed by atoms with Crippen LogP contribution in [-0.4, -0.2) is 32.9 Å². The standard InChI is InChI=1S/C22H18N4O3S/c1-14(20(27)26-22-25-18(13-30-22)15-5-3-2-4-6-15)29-21(28)17-9-7-16(8-10-17)19-23-11-12-24-19/h2-14H,1H3,(H,23,24)(H,25,26,27). The van der Waals surface area contributed by atoms with E-state index in [0.717, 1.165) is 16.8 Å². The van der Waals surface area contributed by atoms with Crippen LogP contribution in [0.1, 0.15) is 17.3 Å². The van der Waals surface area contributed by atoms with Gasteiger partial charge in [0.2, 0.25) is 0 Å². The van der Waals surface area contributed by atoms with Crippen molar-refractivity contribution >= 4 is 28.3 Å². The Morgan fingerprint density at radius 1 is 1.07 bits per heavy atom. The number of thiazole rings is 1. The van der Waals surface area contributed by atoms with Gasteiger partial charge in [0.05, 0.1) is 11.3 Å². The number of nitrogens with one attached hydrogen (secondary N) is 2. The smallest absolute Gasteiger partial charge is 0.338 e. The van der Waals surface area contributed by atoms with Crippen LogP contribution >= 0.6 is 11.3 Å². The Morgan fingerprint density at radius 3 is 2.53 bits per heavy atom. The molecule has 4 rings (SSSR count). The molecule has 0 radical (unpaired) electrons. The third-order valence-electron chi connectivity index (χ3n) is 4.35. The van der Waals surface area contributed by atoms with E-state index in [1.54, 1.807) is 36.7 Å². The van der Waals surface area contributed by atoms with Crippen molar-refractivity contribution in [2.45, 2.75) is 13.0 Å². The number of ether oxygens (including phenoxy) is 1. The summed E-state index contributed by atoms with van der Waals surface area (Å²) < 4.78 is 5.29. The maximum Gasteiger partial charge on any atom is 0.338 e. The Labute approximate surface area is 176 Å². The van der Waals surface area contributed by atoms with Gasteiger partial charge >= 0.3 is 5.97 Å². The van der Waals surface area contributed by atoms with Gasteiger partial charge in [0, 0.05) is 28.9 Å². The number of carbonyl (C=O) groups excluding carboxylic acids is 2. The first-order valence-electron chi connectivity index (χ1n) is 9.23. The number of benzene rings is 2. The summed E-state index contributed by atoms with van der Waals surface area (Å²) in [5.41, 5.74) is 2.94. The molecule has 1 atom stereocenters. The number of imidazole rings is 1. The van der Waals surface area contributed by atoms with Crippen LogP contribution in [0, 0.1) is 0 Å². The molecule has 0 bridgehead atoms. The predicted molar refractivity (Wildman–Crippen MR) is 115 cm³/mol. The first-order valence-corrected chi connectivity index (χ1v) is 10.1. The maximum absolute atomic E-state index is 12.4. The molecule has 0 saturated heterocycles. The topological polar surface area (TPSA) is 97.0 Å². The molecule has 0 fully saturated rings. The fraction of sp³-hybridized carbons (Fsp3) is 0.0909. The normalized spacial score (nSPS) is 11.6. The van der Waals surface area contributed by atoms with Crippen molar-refractivity contribution in [3.63, 3.8) is 0 Å². The summed E-state index contributed by atoms with van der Waals surface area (Å²) in [6.45, 7) is 1.52. The molecule has 0 aliphatic heterocycles. The van der Waals surface area contributed by atoms with E-state index in [-0.39, 0.29) is 0 Å². The van der Waals surface area contributed by atoms with Crippen molar-refractivity contribution in [3.05, 3.63) is 77.9 Å². The van der Waals surface area contributed by atoms with Crippen molar-refractivity contribution in [2.24, 2.45) is 0 Å². The Kier molecular flexibility index (Phi) is 5.67. The van der Waals surface area contributed by atoms with Crippen molar-refractivity contribution in [1.29, 1.82) is 0 Å². The second-order valence-corrected chi connectivity index (χ2v) is 7.31. The number of aromatic amines is 1. The minimum atomic E-state index is -0.966. The van der Waals surface area contributed by atoms with E-state index in [0.29, 0.717) is 16.5 Å². The number of H-pyrrole nitrogens is 1. The second kappa shape index (κ2) is 8.71. The molecule has 0 aliphatic rings. The minimum absolute atomic E-state index is 0.352. The first-order chi connectivity index (χ1) is 14.6. The number of hydrogen-bond donors (Lipinski definition) is 2. The molecule has 1 unspecified atom stereocenters. The fourth-order valence-electron chi connectivity index (χ4n) is 2.75. The quantitative estimate of drug-likeness (QED) is 0.453. The molecule has 1 amide bonds. The van der Waals surface area contributed by atoms with Crippen LogP contribution in [0.2, 0.25) is 0 Å². The largest absolute Gasteiger partial charge is 0.449 e. The van der Waals surface area contributed by atoms with Gasteiger partial charge in [0.1, 0.15) is 5.82 Å². The van der Waals surface area contributed by atoms with Crippen LogP contribution in [0.15, 0.2) is 72.4 Å². The monoisotopic (exact) mass is 418 g/mol. The van der Waals surface area contributed by atoms with Gasteiger partial charge in [-0.25, -0.2) is 14.8 Å². The summed E-state index contributed by atoms with van der Waals surface area (Å²) in [6.07, 6.45) is 2.41. The van der Waals surface area contributed by atoms with Gasteiger partial charge < -0.3 is 9.72 Å². The van der Waals surface area contributed by atoms with E-state index in [2.05, 4.69) is 20.3 Å². The molecule has 8 heteroatoms. The molecule has 30 heavy (non-hydrogen) atoms. The molecular weight excluding hydrogens is 400 g/mol. The molecule has 7 nitrogen and oxygen atoms in total. The summed E-state index contributed by atoms with van der Waals surface area (Å²) in [7, 11) is 0. The summed E-state index contributed by atoms with van der Waals surface area (Å²) in [6, 6.07) is 16.5. The lowest BCUT2D eigenvalue weighted by molar-refractivity contribution is -0.123. The summed E-state index contributed by atoms with van der Waals surface area (Å²) in [5.74, 6) is -0.307. The van der Waals surface area contributed by atoms with Crippen molar-refractivity contribution in [3.8, 4) is 22.6 Å². The number of aromatic nitrogens is 3. The SMILES string of the molecule is CC(OC(=O)c1ccc(-c2ncc[nH]2)cc1)C(=O)Nc1nc(-c2ccccc2)cs1. The highest BCUT2D eigenvalue weighted by Gasteiger charge is 2.20. The van der Waals surface area contributed by atoms with Gasteiger partial charge in [-0.3, -0.25) is 10.1 Å². The van der Waals surface area contributed by atoms with Gasteiger partial charge in [0.25, 0.3) is 5.91 Å². The molecule has 0 saturated carbocycles. The third-order valence-corrected chi connectivity index (χ3v) is 5.11. The van der Waals surface area contributed by atoms with Crippen LogP contribution in [0.4, 0.5) is 5.13 Å². The van der Waals surface area contributed by atoms with Crippen molar-refractivity contribution in [2.75, 3.05) is 5.32 Å². The summed E-state index contributed by atoms with van der Waals surface area (Å²) in [5, 5.41) is 5.01. The first kappa shape index (κ1) is 19.5. The molecule has 2 N–H and O–H groups in total. The molecule has 4 aromatic rings. The van der Waals surface area contributed by atoms with Crippen molar-refractivity contribution in [1.82, 2.24) is 15.0 Å². The molecule has 0 spiro atoms. The lowest BCUT2D eigenvalue weighted by Gasteiger charge is -2.12. The highest BCUT2D eigenvalue weighted by molar-refractivity contribution is 7.14. The predicted octanol–water partition coefficient (Wildman–Crippen LogP) is 4.38. The zero-order valence-corrected chi connectivity index (χ0v) is 16.8. The van der Waals surface area contributed by atoms with Gasteiger partial charge in [-0.1, -0.05) is 42.5 Å². The van der Waals surface area contributed by atoms with E-state index >= 15 is 0 Å². The van der Waals surface area contributed by atoms with Crippen LogP contribution < -0.4 is 5.32 Å². The van der Waals surface area contributed by atoms with E-state index in [4.69, 9.17) is 4.74 Å². The number of amides is 1. The van der Waals surface area contributed by atoms with Crippen LogP contribution in [-0.2, 0) is 9.53 Å². The van der Waals surface area contributed by atoms with Gasteiger partial charge in [-0.15, -0.1) is 11.3 Å². The highest BCUT2D eigenvalue weighted by atomic mass is 32.1. The second-order valence-electron chi connectivity index (χ2n) is 6.46. The van der Waals surface area contributed by atoms with Crippen molar-refractivity contribution < 1.29 is 14.3 Å². The average Bonchev–Trinajstić information content (AvgIpc) is 3.47. The van der Waals surface area contributed by atoms with Crippen LogP contribution in [0.5, 0.6) is 0 Å². The number of esters is 1. The third kappa shape index (κ3) is 4.44. The lowest BCUT2D eigenvalue weighted by atomic mass is 10.1. The number of carbonyl (C=O) groups is 2. The zero-order chi connectivity index (χ0) is 20.9. The molecular formula is C22H18N4O3S. The van der Waals surface area contributed by atoms with E-state index in [1.807, 2.05) is 35.7 Å². The van der Waals surface area contributed by atoms with E-state index < -0.39 is 18.0 Å². The van der Waals surface area contributed by atoms with E-state index in [9.17, 15) is 9.59 Å². The molecule has 2 aromatic carbocycles. The summed E-state index contributed by atoms with van der Waals surface area (Å²) in [4.78, 5) is 36.3. The van der Waals surface area contributed by atoms with Crippen LogP contribution in [0.3, 0.4) is 0 Å². The van der Waals surface area contributed by atoms with Gasteiger partial charge in [0.15, 0.2) is 11.2 Å². The number of hydrogen-bond acceptors (Lipinski definition) is 6. The molecule has 2 aromatic heterocycles. The minimum Gasteiger partial charge on any atom is -0.449 e. The van der Waals surface area contributed by atoms with Gasteiger partial charge in [-0.2, -0.15) is 0 Å². The molecule has 2 heterocycles. The number of rotatable bonds is 6. The lowest BCUT2D eigenvalue weighted by Crippen LogP contribution is -2.29. The highest BCUT2D eigenvalue weighted by Crippen LogP contribution is 2.24. The fourth-order valence-corrected chi connectivity index (χ4v) is 3.47. The van der Waals surface area contributed by atoms with E-state index in [1.165, 1.54) is 18.3 Å². The number of anilines is 1. The maximum atomic E-state index is 12.4. The summed E-state index contributed by atoms with van der Waals surface area (Å²) >= 11 is 1.31. The molecule has 0 aliphatic carbocycles. The van der Waals surface area contributed by atoms with Crippen LogP contribution in [0.25, 0.3) is 22.6 Å². The Balaban J connectivity index is 1.35. The van der Waals surface area contributed by atoms with Gasteiger partial charge in [-0.05, 0) is 19.1 Å². The Morgan fingerprint density at radius 2 is 1.83 bits per heavy atom. The molecule has 150 valence electrons. The Hall–Kier alpha value is -3.78. The average molecular weight is 418 g/mol. The zero-order valence-electron chi connectivity index (χ0n) is 16.0. The Bertz CT molecular complexity index is 1140.